The summed E-state index contributed by atoms with van der Waals surface area (Å²) in [5.41, 5.74) is 0. The average molecular weight is 128 g/mol. The molecule has 1 aliphatic rings. The Morgan fingerprint density at radius 1 is 1.89 bits per heavy atom. The molecular weight excluding hydrogens is 116 g/mol. The van der Waals surface area contributed by atoms with Crippen LogP contribution < -0.4 is 5.32 Å². The molecule has 0 aromatic rings. The Labute approximate surface area is 55.7 Å². The lowest BCUT2D eigenvalue weighted by molar-refractivity contribution is 0.151. The van der Waals surface area contributed by atoms with Gasteiger partial charge in [0.25, 0.3) is 0 Å². The van der Waals surface area contributed by atoms with Crippen LogP contribution in [0.25, 0.3) is 0 Å². The molecule has 1 rings (SSSR count). The van der Waals surface area contributed by atoms with Gasteiger partial charge in [0.05, 0.1) is 6.10 Å². The molecule has 0 amide bonds. The fourth-order valence-corrected chi connectivity index (χ4v) is 0.870. The molecule has 2 N–H and O–H groups in total. The van der Waals surface area contributed by atoms with E-state index in [-0.39, 0.29) is 6.10 Å². The molecule has 0 saturated carbocycles. The highest BCUT2D eigenvalue weighted by Gasteiger charge is 2.13. The number of hydrogen-bond donors (Lipinski definition) is 2. The van der Waals surface area contributed by atoms with Crippen LogP contribution in [0.3, 0.4) is 0 Å². The number of rotatable bonds is 2. The van der Waals surface area contributed by atoms with Gasteiger partial charge in [-0.1, -0.05) is 0 Å². The van der Waals surface area contributed by atoms with Crippen LogP contribution in [0.2, 0.25) is 0 Å². The quantitative estimate of drug-likeness (QED) is 0.514. The lowest BCUT2D eigenvalue weighted by Gasteiger charge is -2.13. The minimum atomic E-state index is -0.252. The highest BCUT2D eigenvalue weighted by Crippen LogP contribution is 1.97. The van der Waals surface area contributed by atoms with Gasteiger partial charge in [-0.2, -0.15) is 0 Å². The van der Waals surface area contributed by atoms with Crippen molar-refractivity contribution in [3.8, 4) is 0 Å². The summed E-state index contributed by atoms with van der Waals surface area (Å²) >= 11 is 0. The predicted octanol–water partition coefficient (Wildman–Crippen LogP) is -0.731. The van der Waals surface area contributed by atoms with E-state index in [1.54, 1.807) is 6.92 Å². The van der Waals surface area contributed by atoms with E-state index in [1.807, 2.05) is 4.90 Å². The Kier molecular flexibility index (Phi) is 2.45. The standard InChI is InChI=1S/C6H12N2O/c1-6(9)4-8-3-2-7-5-8/h6-7,9H,2-4H2,1H3. The Balaban J connectivity index is 2.11. The van der Waals surface area contributed by atoms with Gasteiger partial charge in [0.1, 0.15) is 6.67 Å². The van der Waals surface area contributed by atoms with Crippen molar-refractivity contribution in [1.29, 1.82) is 0 Å². The van der Waals surface area contributed by atoms with Crippen LogP contribution in [0.1, 0.15) is 6.92 Å². The van der Waals surface area contributed by atoms with E-state index in [0.29, 0.717) is 6.54 Å². The molecule has 1 heterocycles. The van der Waals surface area contributed by atoms with Crippen molar-refractivity contribution in [2.24, 2.45) is 0 Å². The molecule has 0 spiro atoms. The van der Waals surface area contributed by atoms with Crippen molar-refractivity contribution in [3.05, 3.63) is 6.67 Å². The van der Waals surface area contributed by atoms with Crippen molar-refractivity contribution < 1.29 is 5.11 Å². The fraction of sp³-hybridized carbons (Fsp3) is 0.833. The largest absolute Gasteiger partial charge is 0.392 e. The van der Waals surface area contributed by atoms with Gasteiger partial charge in [0, 0.05) is 19.6 Å². The molecule has 0 aromatic heterocycles. The summed E-state index contributed by atoms with van der Waals surface area (Å²) in [7, 11) is 0. The number of hydrogen-bond acceptors (Lipinski definition) is 3. The van der Waals surface area contributed by atoms with E-state index >= 15 is 0 Å². The van der Waals surface area contributed by atoms with E-state index in [4.69, 9.17) is 5.11 Å². The number of β-amino-alcohol motifs (C(OH)–C–C–N with tert-alkyl or cyclic N) is 1. The van der Waals surface area contributed by atoms with E-state index in [0.717, 1.165) is 13.1 Å². The van der Waals surface area contributed by atoms with Crippen LogP contribution >= 0.6 is 0 Å². The van der Waals surface area contributed by atoms with Crippen LogP contribution in [0.15, 0.2) is 0 Å². The van der Waals surface area contributed by atoms with E-state index in [1.165, 1.54) is 0 Å². The Morgan fingerprint density at radius 2 is 2.67 bits per heavy atom. The topological polar surface area (TPSA) is 35.5 Å². The summed E-state index contributed by atoms with van der Waals surface area (Å²) in [6.07, 6.45) is -0.252. The molecule has 1 fully saturated rings. The Morgan fingerprint density at radius 3 is 3.11 bits per heavy atom. The highest BCUT2D eigenvalue weighted by atomic mass is 16.3. The zero-order valence-electron chi connectivity index (χ0n) is 5.59. The van der Waals surface area contributed by atoms with Crippen molar-refractivity contribution in [2.75, 3.05) is 19.6 Å². The molecule has 1 aliphatic heterocycles. The van der Waals surface area contributed by atoms with Crippen molar-refractivity contribution >= 4 is 0 Å². The molecule has 9 heavy (non-hydrogen) atoms. The molecule has 2 radical (unpaired) electrons. The molecule has 1 atom stereocenters. The second-order valence-electron chi connectivity index (χ2n) is 2.33. The molecule has 0 aliphatic carbocycles. The summed E-state index contributed by atoms with van der Waals surface area (Å²) in [6.45, 7) is 7.29. The normalized spacial score (nSPS) is 24.7. The van der Waals surface area contributed by atoms with Gasteiger partial charge in [0.15, 0.2) is 0 Å². The smallest absolute Gasteiger partial charge is 0.143 e. The summed E-state index contributed by atoms with van der Waals surface area (Å²) in [4.78, 5) is 1.95. The third-order valence-electron chi connectivity index (χ3n) is 1.23. The lowest BCUT2D eigenvalue weighted by Crippen LogP contribution is -2.26. The van der Waals surface area contributed by atoms with Crippen LogP contribution in [-0.4, -0.2) is 35.7 Å². The summed E-state index contributed by atoms with van der Waals surface area (Å²) in [5, 5.41) is 11.8. The van der Waals surface area contributed by atoms with Gasteiger partial charge >= 0.3 is 0 Å². The predicted molar refractivity (Wildman–Crippen MR) is 34.5 cm³/mol. The first-order valence-electron chi connectivity index (χ1n) is 3.20. The SMILES string of the molecule is CC(O)CN1[C]NCC1. The van der Waals surface area contributed by atoms with Gasteiger partial charge in [-0.25, -0.2) is 0 Å². The molecular formula is C6H12N2O. The average Bonchev–Trinajstić information content (AvgIpc) is 2.15. The first-order valence-corrected chi connectivity index (χ1v) is 3.20. The van der Waals surface area contributed by atoms with Gasteiger partial charge in [-0.3, -0.25) is 10.2 Å². The lowest BCUT2D eigenvalue weighted by atomic mass is 10.4. The van der Waals surface area contributed by atoms with Crippen LogP contribution in [0.5, 0.6) is 0 Å². The zero-order valence-corrected chi connectivity index (χ0v) is 5.59. The maximum absolute atomic E-state index is 8.90. The maximum atomic E-state index is 8.90. The number of aliphatic hydroxyl groups excluding tert-OH is 1. The fourth-order valence-electron chi connectivity index (χ4n) is 0.870. The number of nitrogens with zero attached hydrogens (tertiary/aromatic N) is 1. The highest BCUT2D eigenvalue weighted by molar-refractivity contribution is 4.76. The van der Waals surface area contributed by atoms with Crippen LogP contribution in [0, 0.1) is 6.67 Å². The molecule has 3 heteroatoms. The second-order valence-corrected chi connectivity index (χ2v) is 2.33. The van der Waals surface area contributed by atoms with E-state index in [2.05, 4.69) is 12.0 Å². The summed E-state index contributed by atoms with van der Waals surface area (Å²) in [5.74, 6) is 0. The molecule has 52 valence electrons. The Bertz CT molecular complexity index is 79.1. The monoisotopic (exact) mass is 128 g/mol. The molecule has 1 unspecified atom stereocenters. The van der Waals surface area contributed by atoms with Gasteiger partial charge in [-0.15, -0.1) is 0 Å². The second kappa shape index (κ2) is 3.15. The van der Waals surface area contributed by atoms with Gasteiger partial charge in [-0.05, 0) is 6.92 Å². The third kappa shape index (κ3) is 2.30. The van der Waals surface area contributed by atoms with Crippen molar-refractivity contribution in [1.82, 2.24) is 10.2 Å². The number of nitrogens with one attached hydrogen (secondary N) is 1. The van der Waals surface area contributed by atoms with Crippen molar-refractivity contribution in [3.63, 3.8) is 0 Å². The minimum Gasteiger partial charge on any atom is -0.392 e. The van der Waals surface area contributed by atoms with Crippen molar-refractivity contribution in [2.45, 2.75) is 13.0 Å². The van der Waals surface area contributed by atoms with E-state index in [9.17, 15) is 0 Å². The van der Waals surface area contributed by atoms with E-state index < -0.39 is 0 Å². The number of aliphatic hydroxyl groups is 1. The molecule has 1 saturated heterocycles. The maximum Gasteiger partial charge on any atom is 0.143 e. The van der Waals surface area contributed by atoms with Gasteiger partial charge in [0.2, 0.25) is 0 Å². The summed E-state index contributed by atoms with van der Waals surface area (Å²) in [6, 6.07) is 0. The molecule has 0 bridgehead atoms. The third-order valence-corrected chi connectivity index (χ3v) is 1.23. The Hall–Kier alpha value is -0.120. The molecule has 0 aromatic carbocycles. The molecule has 3 nitrogen and oxygen atoms in total. The van der Waals surface area contributed by atoms with Crippen LogP contribution in [-0.2, 0) is 0 Å². The van der Waals surface area contributed by atoms with Gasteiger partial charge < -0.3 is 5.11 Å². The zero-order chi connectivity index (χ0) is 6.69. The first-order chi connectivity index (χ1) is 4.29. The first kappa shape index (κ1) is 6.99. The summed E-state index contributed by atoms with van der Waals surface area (Å²) < 4.78 is 0. The minimum absolute atomic E-state index is 0.252. The van der Waals surface area contributed by atoms with Crippen LogP contribution in [0.4, 0.5) is 0 Å².